The van der Waals surface area contributed by atoms with Crippen molar-refractivity contribution in [3.8, 4) is 5.75 Å². The third kappa shape index (κ3) is 3.13. The maximum Gasteiger partial charge on any atom is 0.573 e. The van der Waals surface area contributed by atoms with Crippen LogP contribution < -0.4 is 10.3 Å². The van der Waals surface area contributed by atoms with Gasteiger partial charge >= 0.3 is 12.3 Å². The molecule has 0 aliphatic heterocycles. The molecule has 0 saturated heterocycles. The Morgan fingerprint density at radius 3 is 2.53 bits per heavy atom. The number of carboxylic acids is 1. The van der Waals surface area contributed by atoms with Gasteiger partial charge in [0.05, 0.1) is 0 Å². The lowest BCUT2D eigenvalue weighted by Gasteiger charge is -2.11. The standard InChI is InChI=1S/C8H5ClF3NO4/c9-1-3-2-13-6(14)5(4(3)7(15)16)17-8(10,11)12/h2H,1H2,(H,13,14)(H,15,16). The van der Waals surface area contributed by atoms with Crippen molar-refractivity contribution in [3.63, 3.8) is 0 Å². The first-order valence-corrected chi connectivity index (χ1v) is 4.59. The second kappa shape index (κ2) is 4.66. The summed E-state index contributed by atoms with van der Waals surface area (Å²) in [6, 6.07) is 0. The number of aromatic carboxylic acids is 1. The van der Waals surface area contributed by atoms with Gasteiger partial charge in [-0.25, -0.2) is 4.79 Å². The van der Waals surface area contributed by atoms with Gasteiger partial charge in [0.2, 0.25) is 5.75 Å². The average Bonchev–Trinajstić information content (AvgIpc) is 2.18. The molecule has 0 aliphatic rings. The number of aromatic nitrogens is 1. The Morgan fingerprint density at radius 2 is 2.12 bits per heavy atom. The zero-order chi connectivity index (χ0) is 13.2. The fourth-order valence-corrected chi connectivity index (χ4v) is 1.31. The molecule has 0 amide bonds. The number of alkyl halides is 4. The first-order valence-electron chi connectivity index (χ1n) is 4.06. The van der Waals surface area contributed by atoms with Gasteiger partial charge < -0.3 is 14.8 Å². The smallest absolute Gasteiger partial charge is 0.478 e. The minimum absolute atomic E-state index is 0.182. The number of rotatable bonds is 3. The van der Waals surface area contributed by atoms with E-state index < -0.39 is 29.2 Å². The van der Waals surface area contributed by atoms with E-state index in [1.165, 1.54) is 0 Å². The Bertz CT molecular complexity index is 497. The number of nitrogens with one attached hydrogen (secondary N) is 1. The lowest BCUT2D eigenvalue weighted by atomic mass is 10.1. The lowest BCUT2D eigenvalue weighted by molar-refractivity contribution is -0.275. The van der Waals surface area contributed by atoms with Crippen LogP contribution >= 0.6 is 11.6 Å². The van der Waals surface area contributed by atoms with Gasteiger partial charge in [0.1, 0.15) is 5.56 Å². The molecule has 1 heterocycles. The molecule has 0 unspecified atom stereocenters. The number of carbonyl (C=O) groups is 1. The molecule has 0 bridgehead atoms. The molecule has 0 saturated carbocycles. The second-order valence-corrected chi connectivity index (χ2v) is 3.10. The zero-order valence-corrected chi connectivity index (χ0v) is 8.72. The number of carboxylic acid groups (broad SMARTS) is 1. The van der Waals surface area contributed by atoms with Crippen LogP contribution in [-0.4, -0.2) is 22.4 Å². The molecule has 0 spiro atoms. The van der Waals surface area contributed by atoms with Gasteiger partial charge in [-0.15, -0.1) is 24.8 Å². The molecule has 2 N–H and O–H groups in total. The van der Waals surface area contributed by atoms with Crippen LogP contribution in [0.1, 0.15) is 15.9 Å². The van der Waals surface area contributed by atoms with Crippen LogP contribution in [-0.2, 0) is 5.88 Å². The SMILES string of the molecule is O=C(O)c1c(CCl)c[nH]c(=O)c1OC(F)(F)F. The topological polar surface area (TPSA) is 79.4 Å². The first kappa shape index (κ1) is 13.4. The van der Waals surface area contributed by atoms with Gasteiger partial charge in [0.15, 0.2) is 0 Å². The Labute approximate surface area is 96.8 Å². The van der Waals surface area contributed by atoms with Gasteiger partial charge in [0, 0.05) is 17.6 Å². The van der Waals surface area contributed by atoms with E-state index in [4.69, 9.17) is 16.7 Å². The highest BCUT2D eigenvalue weighted by Gasteiger charge is 2.35. The van der Waals surface area contributed by atoms with Crippen LogP contribution in [0.3, 0.4) is 0 Å². The summed E-state index contributed by atoms with van der Waals surface area (Å²) in [5, 5.41) is 8.74. The summed E-state index contributed by atoms with van der Waals surface area (Å²) in [5.41, 5.74) is -2.38. The normalized spacial score (nSPS) is 11.3. The first-order chi connectivity index (χ1) is 7.76. The summed E-state index contributed by atoms with van der Waals surface area (Å²) in [6.45, 7) is 0. The van der Waals surface area contributed by atoms with E-state index in [0.717, 1.165) is 6.20 Å². The number of halogens is 4. The highest BCUT2D eigenvalue weighted by atomic mass is 35.5. The van der Waals surface area contributed by atoms with E-state index >= 15 is 0 Å². The number of hydrogen-bond donors (Lipinski definition) is 2. The number of hydrogen-bond acceptors (Lipinski definition) is 3. The lowest BCUT2D eigenvalue weighted by Crippen LogP contribution is -2.26. The number of H-pyrrole nitrogens is 1. The highest BCUT2D eigenvalue weighted by molar-refractivity contribution is 6.17. The third-order valence-electron chi connectivity index (χ3n) is 1.71. The fourth-order valence-electron chi connectivity index (χ4n) is 1.10. The number of ether oxygens (including phenoxy) is 1. The van der Waals surface area contributed by atoms with E-state index in [1.807, 2.05) is 4.98 Å². The largest absolute Gasteiger partial charge is 0.573 e. The van der Waals surface area contributed by atoms with Crippen molar-refractivity contribution in [1.29, 1.82) is 0 Å². The molecular formula is C8H5ClF3NO4. The molecule has 94 valence electrons. The van der Waals surface area contributed by atoms with Crippen LogP contribution in [0.2, 0.25) is 0 Å². The maximum atomic E-state index is 12.0. The van der Waals surface area contributed by atoms with Crippen LogP contribution in [0, 0.1) is 0 Å². The monoisotopic (exact) mass is 271 g/mol. The van der Waals surface area contributed by atoms with Gasteiger partial charge in [0.25, 0.3) is 5.56 Å². The summed E-state index contributed by atoms with van der Waals surface area (Å²) in [7, 11) is 0. The van der Waals surface area contributed by atoms with Crippen LogP contribution in [0.4, 0.5) is 13.2 Å². The third-order valence-corrected chi connectivity index (χ3v) is 2.00. The maximum absolute atomic E-state index is 12.0. The van der Waals surface area contributed by atoms with Crippen LogP contribution in [0.15, 0.2) is 11.0 Å². The molecule has 0 aromatic carbocycles. The van der Waals surface area contributed by atoms with Gasteiger partial charge in [-0.3, -0.25) is 4.79 Å². The van der Waals surface area contributed by atoms with E-state index in [2.05, 4.69) is 4.74 Å². The van der Waals surface area contributed by atoms with Crippen molar-refractivity contribution in [2.75, 3.05) is 0 Å². The summed E-state index contributed by atoms with van der Waals surface area (Å²) >= 11 is 5.35. The summed E-state index contributed by atoms with van der Waals surface area (Å²) in [5.74, 6) is -3.44. The number of pyridine rings is 1. The molecular weight excluding hydrogens is 267 g/mol. The second-order valence-electron chi connectivity index (χ2n) is 2.83. The van der Waals surface area contributed by atoms with Gasteiger partial charge in [-0.1, -0.05) is 0 Å². The quantitative estimate of drug-likeness (QED) is 0.820. The molecule has 0 fully saturated rings. The average molecular weight is 272 g/mol. The Kier molecular flexibility index (Phi) is 3.66. The molecule has 17 heavy (non-hydrogen) atoms. The predicted molar refractivity (Wildman–Crippen MR) is 50.3 cm³/mol. The summed E-state index contributed by atoms with van der Waals surface area (Å²) < 4.78 is 39.4. The van der Waals surface area contributed by atoms with Crippen molar-refractivity contribution in [1.82, 2.24) is 4.98 Å². The van der Waals surface area contributed by atoms with E-state index in [1.54, 1.807) is 0 Å². The molecule has 1 aromatic rings. The van der Waals surface area contributed by atoms with Gasteiger partial charge in [-0.05, 0) is 0 Å². The minimum Gasteiger partial charge on any atom is -0.478 e. The van der Waals surface area contributed by atoms with Crippen LogP contribution in [0.5, 0.6) is 5.75 Å². The van der Waals surface area contributed by atoms with Crippen molar-refractivity contribution in [2.45, 2.75) is 12.2 Å². The zero-order valence-electron chi connectivity index (χ0n) is 7.97. The van der Waals surface area contributed by atoms with Crippen molar-refractivity contribution < 1.29 is 27.8 Å². The van der Waals surface area contributed by atoms with Crippen molar-refractivity contribution >= 4 is 17.6 Å². The molecule has 5 nitrogen and oxygen atoms in total. The Balaban J connectivity index is 3.45. The molecule has 1 aromatic heterocycles. The predicted octanol–water partition coefficient (Wildman–Crippen LogP) is 1.71. The Morgan fingerprint density at radius 1 is 1.53 bits per heavy atom. The van der Waals surface area contributed by atoms with Crippen LogP contribution in [0.25, 0.3) is 0 Å². The van der Waals surface area contributed by atoms with Crippen molar-refractivity contribution in [2.24, 2.45) is 0 Å². The summed E-state index contributed by atoms with van der Waals surface area (Å²) in [4.78, 5) is 23.8. The highest BCUT2D eigenvalue weighted by Crippen LogP contribution is 2.25. The molecule has 0 atom stereocenters. The molecule has 0 aliphatic carbocycles. The molecule has 9 heteroatoms. The molecule has 1 rings (SSSR count). The van der Waals surface area contributed by atoms with Crippen molar-refractivity contribution in [3.05, 3.63) is 27.7 Å². The number of aromatic amines is 1. The minimum atomic E-state index is -5.16. The fraction of sp³-hybridized carbons (Fsp3) is 0.250. The summed E-state index contributed by atoms with van der Waals surface area (Å²) in [6.07, 6.45) is -4.25. The molecule has 0 radical (unpaired) electrons. The van der Waals surface area contributed by atoms with E-state index in [9.17, 15) is 22.8 Å². The Hall–Kier alpha value is -1.70. The van der Waals surface area contributed by atoms with E-state index in [-0.39, 0.29) is 11.4 Å². The van der Waals surface area contributed by atoms with E-state index in [0.29, 0.717) is 0 Å². The van der Waals surface area contributed by atoms with Gasteiger partial charge in [-0.2, -0.15) is 0 Å².